The van der Waals surface area contributed by atoms with Gasteiger partial charge in [0.25, 0.3) is 0 Å². The third kappa shape index (κ3) is 6.46. The van der Waals surface area contributed by atoms with Crippen LogP contribution < -0.4 is 5.32 Å². The lowest BCUT2D eigenvalue weighted by atomic mass is 10.1. The second kappa shape index (κ2) is 10.3. The van der Waals surface area contributed by atoms with Crippen molar-refractivity contribution >= 4 is 17.7 Å². The van der Waals surface area contributed by atoms with E-state index >= 15 is 0 Å². The van der Waals surface area contributed by atoms with Crippen LogP contribution in [0.25, 0.3) is 11.4 Å². The lowest BCUT2D eigenvalue weighted by Gasteiger charge is -2.08. The third-order valence-corrected chi connectivity index (χ3v) is 4.87. The van der Waals surface area contributed by atoms with Gasteiger partial charge in [-0.3, -0.25) is 4.79 Å². The van der Waals surface area contributed by atoms with E-state index in [2.05, 4.69) is 35.4 Å². The van der Waals surface area contributed by atoms with Crippen molar-refractivity contribution < 1.29 is 9.53 Å². The van der Waals surface area contributed by atoms with Crippen molar-refractivity contribution in [1.29, 1.82) is 0 Å². The number of aryl methyl sites for hydroxylation is 1. The number of aromatic nitrogens is 3. The summed E-state index contributed by atoms with van der Waals surface area (Å²) in [7, 11) is 1.92. The van der Waals surface area contributed by atoms with E-state index in [-0.39, 0.29) is 5.91 Å². The Bertz CT molecular complexity index is 715. The fourth-order valence-corrected chi connectivity index (χ4v) is 3.08. The molecular formula is C19H28N4O2S. The Balaban J connectivity index is 1.75. The zero-order valence-corrected chi connectivity index (χ0v) is 16.8. The molecule has 7 heteroatoms. The number of benzene rings is 1. The third-order valence-electron chi connectivity index (χ3n) is 3.85. The van der Waals surface area contributed by atoms with E-state index in [9.17, 15) is 4.79 Å². The van der Waals surface area contributed by atoms with Gasteiger partial charge in [0, 0.05) is 25.8 Å². The maximum Gasteiger partial charge on any atom is 0.230 e. The summed E-state index contributed by atoms with van der Waals surface area (Å²) in [6.45, 7) is 8.20. The zero-order chi connectivity index (χ0) is 18.9. The monoisotopic (exact) mass is 376 g/mol. The average molecular weight is 377 g/mol. The normalized spacial score (nSPS) is 11.1. The topological polar surface area (TPSA) is 69.0 Å². The number of ether oxygens (including phenoxy) is 1. The highest BCUT2D eigenvalue weighted by Gasteiger charge is 2.12. The van der Waals surface area contributed by atoms with Gasteiger partial charge in [-0.25, -0.2) is 0 Å². The number of carbonyl (C=O) groups is 1. The second-order valence-electron chi connectivity index (χ2n) is 6.67. The highest BCUT2D eigenvalue weighted by molar-refractivity contribution is 7.99. The van der Waals surface area contributed by atoms with Crippen molar-refractivity contribution in [2.45, 2.75) is 32.3 Å². The van der Waals surface area contributed by atoms with E-state index in [1.54, 1.807) is 0 Å². The molecule has 0 fully saturated rings. The molecule has 1 amide bonds. The van der Waals surface area contributed by atoms with Crippen molar-refractivity contribution in [2.24, 2.45) is 13.0 Å². The number of carbonyl (C=O) groups excluding carboxylic acids is 1. The summed E-state index contributed by atoms with van der Waals surface area (Å²) in [5.74, 6) is 1.72. The molecule has 0 aliphatic carbocycles. The summed E-state index contributed by atoms with van der Waals surface area (Å²) in [5, 5.41) is 12.0. The van der Waals surface area contributed by atoms with Crippen LogP contribution in [0.2, 0.25) is 0 Å². The predicted octanol–water partition coefficient (Wildman–Crippen LogP) is 3.06. The summed E-state index contributed by atoms with van der Waals surface area (Å²) in [4.78, 5) is 11.9. The molecule has 0 radical (unpaired) electrons. The van der Waals surface area contributed by atoms with Gasteiger partial charge in [0.1, 0.15) is 0 Å². The summed E-state index contributed by atoms with van der Waals surface area (Å²) in [6, 6.07) is 8.14. The van der Waals surface area contributed by atoms with Crippen LogP contribution in [0, 0.1) is 12.8 Å². The van der Waals surface area contributed by atoms with Crippen LogP contribution in [-0.2, 0) is 16.6 Å². The van der Waals surface area contributed by atoms with E-state index in [1.165, 1.54) is 17.3 Å². The molecule has 1 aromatic carbocycles. The molecule has 0 unspecified atom stereocenters. The summed E-state index contributed by atoms with van der Waals surface area (Å²) in [5.41, 5.74) is 2.20. The molecule has 2 rings (SSSR count). The van der Waals surface area contributed by atoms with Gasteiger partial charge in [-0.1, -0.05) is 49.4 Å². The Morgan fingerprint density at radius 1 is 1.31 bits per heavy atom. The van der Waals surface area contributed by atoms with Gasteiger partial charge in [0.15, 0.2) is 11.0 Å². The Kier molecular flexibility index (Phi) is 8.12. The molecule has 0 aliphatic rings. The van der Waals surface area contributed by atoms with Crippen LogP contribution in [0.1, 0.15) is 25.8 Å². The number of hydrogen-bond acceptors (Lipinski definition) is 5. The number of thioether (sulfide) groups is 1. The Hall–Kier alpha value is -1.86. The van der Waals surface area contributed by atoms with Crippen LogP contribution in [0.3, 0.4) is 0 Å². The number of nitrogens with one attached hydrogen (secondary N) is 1. The summed E-state index contributed by atoms with van der Waals surface area (Å²) in [6.07, 6.45) is 1.04. The number of rotatable bonds is 10. The van der Waals surface area contributed by atoms with Gasteiger partial charge in [-0.05, 0) is 25.3 Å². The standard InChI is InChI=1S/C19H28N4O2S/c1-14(2)8-10-25-11-9-20-17(24)13-26-19-22-21-18(23(19)4)16-7-5-6-15(3)12-16/h5-7,12,14H,8-11,13H2,1-4H3,(H,20,24). The first kappa shape index (κ1) is 20.5. The molecule has 0 saturated carbocycles. The molecule has 142 valence electrons. The molecule has 1 N–H and O–H groups in total. The quantitative estimate of drug-likeness (QED) is 0.510. The van der Waals surface area contributed by atoms with Crippen LogP contribution >= 0.6 is 11.8 Å². The summed E-state index contributed by atoms with van der Waals surface area (Å²) >= 11 is 1.38. The average Bonchev–Trinajstić information content (AvgIpc) is 2.96. The minimum atomic E-state index is -0.0254. The van der Waals surface area contributed by atoms with Gasteiger partial charge < -0.3 is 14.6 Å². The first-order valence-electron chi connectivity index (χ1n) is 8.91. The SMILES string of the molecule is Cc1cccc(-c2nnc(SCC(=O)NCCOCCC(C)C)n2C)c1. The number of amides is 1. The van der Waals surface area contributed by atoms with E-state index < -0.39 is 0 Å². The molecule has 0 bridgehead atoms. The minimum Gasteiger partial charge on any atom is -0.380 e. The maximum atomic E-state index is 11.9. The van der Waals surface area contributed by atoms with E-state index in [4.69, 9.17) is 4.74 Å². The highest BCUT2D eigenvalue weighted by Crippen LogP contribution is 2.23. The molecule has 1 aromatic heterocycles. The molecule has 1 heterocycles. The van der Waals surface area contributed by atoms with Crippen LogP contribution in [0.4, 0.5) is 0 Å². The smallest absolute Gasteiger partial charge is 0.230 e. The minimum absolute atomic E-state index is 0.0254. The Morgan fingerprint density at radius 3 is 2.85 bits per heavy atom. The van der Waals surface area contributed by atoms with Crippen LogP contribution in [0.15, 0.2) is 29.4 Å². The first-order valence-corrected chi connectivity index (χ1v) is 9.89. The zero-order valence-electron chi connectivity index (χ0n) is 16.0. The maximum absolute atomic E-state index is 11.9. The second-order valence-corrected chi connectivity index (χ2v) is 7.61. The molecule has 2 aromatic rings. The largest absolute Gasteiger partial charge is 0.380 e. The number of hydrogen-bond donors (Lipinski definition) is 1. The van der Waals surface area contributed by atoms with E-state index in [1.807, 2.05) is 36.7 Å². The molecule has 0 saturated heterocycles. The fraction of sp³-hybridized carbons (Fsp3) is 0.526. The van der Waals surface area contributed by atoms with E-state index in [0.29, 0.717) is 24.8 Å². The first-order chi connectivity index (χ1) is 12.5. The van der Waals surface area contributed by atoms with Crippen molar-refractivity contribution in [1.82, 2.24) is 20.1 Å². The van der Waals surface area contributed by atoms with Gasteiger partial charge >= 0.3 is 0 Å². The Labute approximate surface area is 159 Å². The van der Waals surface area contributed by atoms with Gasteiger partial charge in [0.05, 0.1) is 12.4 Å². The Morgan fingerprint density at radius 2 is 2.12 bits per heavy atom. The molecule has 0 aliphatic heterocycles. The highest BCUT2D eigenvalue weighted by atomic mass is 32.2. The van der Waals surface area contributed by atoms with E-state index in [0.717, 1.165) is 29.6 Å². The lowest BCUT2D eigenvalue weighted by Crippen LogP contribution is -2.29. The van der Waals surface area contributed by atoms with Gasteiger partial charge in [-0.15, -0.1) is 10.2 Å². The molecule has 6 nitrogen and oxygen atoms in total. The molecular weight excluding hydrogens is 348 g/mol. The van der Waals surface area contributed by atoms with Crippen LogP contribution in [0.5, 0.6) is 0 Å². The molecule has 26 heavy (non-hydrogen) atoms. The molecule has 0 spiro atoms. The van der Waals surface area contributed by atoms with Crippen molar-refractivity contribution in [3.05, 3.63) is 29.8 Å². The van der Waals surface area contributed by atoms with Crippen LogP contribution in [-0.4, -0.2) is 46.2 Å². The van der Waals surface area contributed by atoms with Gasteiger partial charge in [-0.2, -0.15) is 0 Å². The predicted molar refractivity (Wildman–Crippen MR) is 105 cm³/mol. The lowest BCUT2D eigenvalue weighted by molar-refractivity contribution is -0.118. The summed E-state index contributed by atoms with van der Waals surface area (Å²) < 4.78 is 7.41. The van der Waals surface area contributed by atoms with Crippen molar-refractivity contribution in [3.8, 4) is 11.4 Å². The van der Waals surface area contributed by atoms with Crippen molar-refractivity contribution in [3.63, 3.8) is 0 Å². The van der Waals surface area contributed by atoms with Gasteiger partial charge in [0.2, 0.25) is 5.91 Å². The number of nitrogens with zero attached hydrogens (tertiary/aromatic N) is 3. The molecule has 0 atom stereocenters. The van der Waals surface area contributed by atoms with Crippen molar-refractivity contribution in [2.75, 3.05) is 25.5 Å². The fourth-order valence-electron chi connectivity index (χ4n) is 2.34.